The van der Waals surface area contributed by atoms with Crippen LogP contribution in [-0.2, 0) is 0 Å². The van der Waals surface area contributed by atoms with Gasteiger partial charge in [-0.05, 0) is 36.8 Å². The molecule has 19 heavy (non-hydrogen) atoms. The molecule has 1 aliphatic rings. The van der Waals surface area contributed by atoms with Crippen LogP contribution in [0.25, 0.3) is 0 Å². The van der Waals surface area contributed by atoms with Crippen molar-refractivity contribution < 1.29 is 4.79 Å². The van der Waals surface area contributed by atoms with Crippen molar-refractivity contribution in [2.45, 2.75) is 24.3 Å². The summed E-state index contributed by atoms with van der Waals surface area (Å²) < 4.78 is 0. The summed E-state index contributed by atoms with van der Waals surface area (Å²) in [6.45, 7) is 3.49. The van der Waals surface area contributed by atoms with E-state index in [0.717, 1.165) is 17.9 Å². The second kappa shape index (κ2) is 6.16. The van der Waals surface area contributed by atoms with Gasteiger partial charge in [0, 0.05) is 24.0 Å². The van der Waals surface area contributed by atoms with Crippen LogP contribution in [0.5, 0.6) is 0 Å². The maximum atomic E-state index is 12.6. The molecule has 2 atom stereocenters. The highest BCUT2D eigenvalue weighted by molar-refractivity contribution is 7.98. The standard InChI is InChI=1S/C14H19ClN2OS/c1-9-5-10(16)8-17(7-9)14(18)12-6-11(19-2)3-4-13(12)15/h3-4,6,9-10H,5,7-8,16H2,1-2H3. The molecule has 1 aromatic rings. The minimum Gasteiger partial charge on any atom is -0.337 e. The lowest BCUT2D eigenvalue weighted by molar-refractivity contribution is 0.0661. The van der Waals surface area contributed by atoms with Gasteiger partial charge in [0.25, 0.3) is 5.91 Å². The molecule has 1 aromatic carbocycles. The lowest BCUT2D eigenvalue weighted by atomic mass is 9.96. The minimum absolute atomic E-state index is 0.0112. The Morgan fingerprint density at radius 3 is 2.84 bits per heavy atom. The normalized spacial score (nSPS) is 23.5. The number of halogens is 1. The second-order valence-corrected chi connectivity index (χ2v) is 6.44. The van der Waals surface area contributed by atoms with Crippen LogP contribution in [0.3, 0.4) is 0 Å². The second-order valence-electron chi connectivity index (χ2n) is 5.16. The molecule has 104 valence electrons. The first-order valence-electron chi connectivity index (χ1n) is 6.39. The van der Waals surface area contributed by atoms with E-state index in [1.807, 2.05) is 23.3 Å². The number of benzene rings is 1. The van der Waals surface area contributed by atoms with Gasteiger partial charge in [0.2, 0.25) is 0 Å². The van der Waals surface area contributed by atoms with Crippen molar-refractivity contribution >= 4 is 29.3 Å². The maximum absolute atomic E-state index is 12.6. The van der Waals surface area contributed by atoms with Gasteiger partial charge in [0.15, 0.2) is 0 Å². The molecule has 1 fully saturated rings. The SMILES string of the molecule is CSc1ccc(Cl)c(C(=O)N2CC(C)CC(N)C2)c1. The predicted molar refractivity (Wildman–Crippen MR) is 80.9 cm³/mol. The molecule has 1 heterocycles. The third kappa shape index (κ3) is 3.44. The van der Waals surface area contributed by atoms with Crippen molar-refractivity contribution in [1.29, 1.82) is 0 Å². The highest BCUT2D eigenvalue weighted by atomic mass is 35.5. The molecule has 2 rings (SSSR count). The summed E-state index contributed by atoms with van der Waals surface area (Å²) in [5.74, 6) is 0.429. The largest absolute Gasteiger partial charge is 0.337 e. The number of likely N-dealkylation sites (tertiary alicyclic amines) is 1. The van der Waals surface area contributed by atoms with Gasteiger partial charge in [-0.2, -0.15) is 0 Å². The lowest BCUT2D eigenvalue weighted by Gasteiger charge is -2.35. The van der Waals surface area contributed by atoms with Crippen LogP contribution in [-0.4, -0.2) is 36.2 Å². The van der Waals surface area contributed by atoms with Gasteiger partial charge in [-0.15, -0.1) is 11.8 Å². The number of amides is 1. The number of piperidine rings is 1. The summed E-state index contributed by atoms with van der Waals surface area (Å²) in [5, 5.41) is 0.509. The van der Waals surface area contributed by atoms with E-state index in [1.54, 1.807) is 17.8 Å². The summed E-state index contributed by atoms with van der Waals surface area (Å²) in [6, 6.07) is 5.64. The quantitative estimate of drug-likeness (QED) is 0.854. The number of hydrogen-bond donors (Lipinski definition) is 1. The fourth-order valence-corrected chi connectivity index (χ4v) is 3.17. The van der Waals surface area contributed by atoms with Gasteiger partial charge >= 0.3 is 0 Å². The Balaban J connectivity index is 2.23. The van der Waals surface area contributed by atoms with E-state index in [9.17, 15) is 4.79 Å². The molecular weight excluding hydrogens is 280 g/mol. The maximum Gasteiger partial charge on any atom is 0.255 e. The molecule has 1 amide bonds. The number of nitrogens with zero attached hydrogens (tertiary/aromatic N) is 1. The van der Waals surface area contributed by atoms with Gasteiger partial charge in [-0.3, -0.25) is 4.79 Å². The van der Waals surface area contributed by atoms with Crippen LogP contribution in [0.4, 0.5) is 0 Å². The zero-order valence-corrected chi connectivity index (χ0v) is 12.8. The number of thioether (sulfide) groups is 1. The first kappa shape index (κ1) is 14.7. The highest BCUT2D eigenvalue weighted by Gasteiger charge is 2.27. The van der Waals surface area contributed by atoms with Crippen LogP contribution in [0, 0.1) is 5.92 Å². The molecule has 0 radical (unpaired) electrons. The molecule has 2 unspecified atom stereocenters. The molecule has 0 saturated carbocycles. The van der Waals surface area contributed by atoms with Crippen LogP contribution < -0.4 is 5.73 Å². The Morgan fingerprint density at radius 1 is 1.47 bits per heavy atom. The molecule has 0 spiro atoms. The number of hydrogen-bond acceptors (Lipinski definition) is 3. The number of nitrogens with two attached hydrogens (primary N) is 1. The van der Waals surface area contributed by atoms with Gasteiger partial charge in [-0.1, -0.05) is 18.5 Å². The molecule has 1 aliphatic heterocycles. The Morgan fingerprint density at radius 2 is 2.21 bits per heavy atom. The molecule has 2 N–H and O–H groups in total. The average molecular weight is 299 g/mol. The zero-order chi connectivity index (χ0) is 14.0. The highest BCUT2D eigenvalue weighted by Crippen LogP contribution is 2.26. The summed E-state index contributed by atoms with van der Waals surface area (Å²) in [6.07, 6.45) is 2.96. The Labute approximate surface area is 123 Å². The average Bonchev–Trinajstić information content (AvgIpc) is 2.37. The van der Waals surface area contributed by atoms with E-state index >= 15 is 0 Å². The lowest BCUT2D eigenvalue weighted by Crippen LogP contribution is -2.48. The Kier molecular flexibility index (Phi) is 4.76. The summed E-state index contributed by atoms with van der Waals surface area (Å²) in [5.41, 5.74) is 6.57. The van der Waals surface area contributed by atoms with Crippen LogP contribution in [0.2, 0.25) is 5.02 Å². The zero-order valence-electron chi connectivity index (χ0n) is 11.2. The van der Waals surface area contributed by atoms with Crippen molar-refractivity contribution in [3.05, 3.63) is 28.8 Å². The topological polar surface area (TPSA) is 46.3 Å². The third-order valence-corrected chi connectivity index (χ3v) is 4.44. The first-order chi connectivity index (χ1) is 9.01. The number of carbonyl (C=O) groups excluding carboxylic acids is 1. The van der Waals surface area contributed by atoms with Crippen molar-refractivity contribution in [3.8, 4) is 0 Å². The molecule has 1 saturated heterocycles. The molecule has 0 aromatic heterocycles. The summed E-state index contributed by atoms with van der Waals surface area (Å²) in [7, 11) is 0. The van der Waals surface area contributed by atoms with Gasteiger partial charge in [0.1, 0.15) is 0 Å². The van der Waals surface area contributed by atoms with E-state index < -0.39 is 0 Å². The Bertz CT molecular complexity index is 471. The van der Waals surface area contributed by atoms with E-state index in [4.69, 9.17) is 17.3 Å². The van der Waals surface area contributed by atoms with Crippen molar-refractivity contribution in [1.82, 2.24) is 4.90 Å². The number of rotatable bonds is 2. The van der Waals surface area contributed by atoms with E-state index in [0.29, 0.717) is 23.0 Å². The van der Waals surface area contributed by atoms with Gasteiger partial charge < -0.3 is 10.6 Å². The van der Waals surface area contributed by atoms with Gasteiger partial charge in [-0.25, -0.2) is 0 Å². The van der Waals surface area contributed by atoms with E-state index in [2.05, 4.69) is 6.92 Å². The molecule has 5 heteroatoms. The predicted octanol–water partition coefficient (Wildman–Crippen LogP) is 2.87. The minimum atomic E-state index is -0.0112. The van der Waals surface area contributed by atoms with Crippen molar-refractivity contribution in [3.63, 3.8) is 0 Å². The fraction of sp³-hybridized carbons (Fsp3) is 0.500. The Hall–Kier alpha value is -0.710. The monoisotopic (exact) mass is 298 g/mol. The van der Waals surface area contributed by atoms with E-state index in [-0.39, 0.29) is 11.9 Å². The van der Waals surface area contributed by atoms with Crippen molar-refractivity contribution in [2.75, 3.05) is 19.3 Å². The smallest absolute Gasteiger partial charge is 0.255 e. The van der Waals surface area contributed by atoms with Crippen LogP contribution in [0.1, 0.15) is 23.7 Å². The van der Waals surface area contributed by atoms with Crippen LogP contribution >= 0.6 is 23.4 Å². The summed E-state index contributed by atoms with van der Waals surface area (Å²) in [4.78, 5) is 15.4. The van der Waals surface area contributed by atoms with E-state index in [1.165, 1.54) is 0 Å². The summed E-state index contributed by atoms with van der Waals surface area (Å²) >= 11 is 7.75. The number of carbonyl (C=O) groups is 1. The molecule has 0 aliphatic carbocycles. The van der Waals surface area contributed by atoms with Gasteiger partial charge in [0.05, 0.1) is 10.6 Å². The first-order valence-corrected chi connectivity index (χ1v) is 8.00. The molecule has 0 bridgehead atoms. The molecule has 3 nitrogen and oxygen atoms in total. The third-order valence-electron chi connectivity index (χ3n) is 3.38. The fourth-order valence-electron chi connectivity index (χ4n) is 2.53. The van der Waals surface area contributed by atoms with Crippen LogP contribution in [0.15, 0.2) is 23.1 Å². The molecular formula is C14H19ClN2OS. The van der Waals surface area contributed by atoms with Crippen molar-refractivity contribution in [2.24, 2.45) is 11.7 Å².